The lowest BCUT2D eigenvalue weighted by molar-refractivity contribution is -0.384. The maximum Gasteiger partial charge on any atom is 0.312 e. The SMILES string of the molecule is CC(C)CC(C)N(C)c1ncc(C(N)=NO)cc1[N+](=O)[O-]. The van der Waals surface area contributed by atoms with E-state index in [0.717, 1.165) is 6.42 Å². The van der Waals surface area contributed by atoms with Crippen LogP contribution in [0.3, 0.4) is 0 Å². The van der Waals surface area contributed by atoms with Crippen molar-refractivity contribution in [3.05, 3.63) is 27.9 Å². The van der Waals surface area contributed by atoms with Crippen LogP contribution in [0.5, 0.6) is 0 Å². The summed E-state index contributed by atoms with van der Waals surface area (Å²) in [5, 5.41) is 22.7. The zero-order chi connectivity index (χ0) is 16.2. The van der Waals surface area contributed by atoms with E-state index < -0.39 is 4.92 Å². The van der Waals surface area contributed by atoms with E-state index >= 15 is 0 Å². The van der Waals surface area contributed by atoms with Crippen molar-refractivity contribution in [1.82, 2.24) is 4.98 Å². The Bertz CT molecular complexity index is 545. The Morgan fingerprint density at radius 1 is 1.57 bits per heavy atom. The molecular formula is C13H21N5O3. The first-order chi connectivity index (χ1) is 9.77. The number of pyridine rings is 1. The van der Waals surface area contributed by atoms with E-state index in [1.54, 1.807) is 11.9 Å². The van der Waals surface area contributed by atoms with Crippen molar-refractivity contribution in [2.24, 2.45) is 16.8 Å². The summed E-state index contributed by atoms with van der Waals surface area (Å²) in [5.74, 6) is 0.524. The van der Waals surface area contributed by atoms with Crippen molar-refractivity contribution in [2.75, 3.05) is 11.9 Å². The van der Waals surface area contributed by atoms with Crippen LogP contribution in [0.15, 0.2) is 17.4 Å². The number of hydrogen-bond donors (Lipinski definition) is 2. The largest absolute Gasteiger partial charge is 0.409 e. The van der Waals surface area contributed by atoms with Gasteiger partial charge in [0.1, 0.15) is 0 Å². The molecule has 0 amide bonds. The number of oxime groups is 1. The van der Waals surface area contributed by atoms with E-state index in [2.05, 4.69) is 24.0 Å². The van der Waals surface area contributed by atoms with Crippen molar-refractivity contribution >= 4 is 17.3 Å². The highest BCUT2D eigenvalue weighted by Gasteiger charge is 2.24. The van der Waals surface area contributed by atoms with Crippen LogP contribution in [-0.2, 0) is 0 Å². The molecule has 0 radical (unpaired) electrons. The first-order valence-electron chi connectivity index (χ1n) is 6.63. The maximum absolute atomic E-state index is 11.2. The second-order valence-corrected chi connectivity index (χ2v) is 5.40. The number of amidine groups is 1. The maximum atomic E-state index is 11.2. The van der Waals surface area contributed by atoms with Crippen molar-refractivity contribution < 1.29 is 10.1 Å². The fourth-order valence-corrected chi connectivity index (χ4v) is 2.10. The van der Waals surface area contributed by atoms with E-state index in [1.165, 1.54) is 12.3 Å². The standard InChI is InChI=1S/C13H21N5O3/c1-8(2)5-9(3)17(4)13-11(18(20)21)6-10(7-15-13)12(14)16-19/h6-9,19H,5H2,1-4H3,(H2,14,16). The second-order valence-electron chi connectivity index (χ2n) is 5.40. The minimum atomic E-state index is -0.519. The minimum absolute atomic E-state index is 0.103. The lowest BCUT2D eigenvalue weighted by atomic mass is 10.0. The van der Waals surface area contributed by atoms with Crippen LogP contribution in [0.25, 0.3) is 0 Å². The number of nitro groups is 1. The first kappa shape index (κ1) is 16.7. The molecule has 0 aromatic carbocycles. The minimum Gasteiger partial charge on any atom is -0.409 e. The van der Waals surface area contributed by atoms with Gasteiger partial charge in [-0.3, -0.25) is 10.1 Å². The van der Waals surface area contributed by atoms with Gasteiger partial charge in [0.15, 0.2) is 5.84 Å². The van der Waals surface area contributed by atoms with Gasteiger partial charge < -0.3 is 15.8 Å². The Balaban J connectivity index is 3.20. The molecular weight excluding hydrogens is 274 g/mol. The molecule has 116 valence electrons. The Morgan fingerprint density at radius 3 is 2.67 bits per heavy atom. The van der Waals surface area contributed by atoms with E-state index in [9.17, 15) is 10.1 Å². The molecule has 0 bridgehead atoms. The quantitative estimate of drug-likeness (QED) is 0.272. The van der Waals surface area contributed by atoms with Gasteiger partial charge >= 0.3 is 5.69 Å². The number of hydrogen-bond acceptors (Lipinski definition) is 6. The van der Waals surface area contributed by atoms with Gasteiger partial charge in [0.25, 0.3) is 0 Å². The molecule has 1 rings (SSSR count). The number of rotatable bonds is 6. The molecule has 0 aliphatic rings. The van der Waals surface area contributed by atoms with Gasteiger partial charge in [-0.2, -0.15) is 0 Å². The third-order valence-electron chi connectivity index (χ3n) is 3.26. The Morgan fingerprint density at radius 2 is 2.19 bits per heavy atom. The van der Waals surface area contributed by atoms with Crippen LogP contribution < -0.4 is 10.6 Å². The van der Waals surface area contributed by atoms with Crippen molar-refractivity contribution in [3.63, 3.8) is 0 Å². The van der Waals surface area contributed by atoms with Crippen LogP contribution in [-0.4, -0.2) is 34.0 Å². The average molecular weight is 295 g/mol. The van der Waals surface area contributed by atoms with Crippen molar-refractivity contribution in [1.29, 1.82) is 0 Å². The van der Waals surface area contributed by atoms with Crippen LogP contribution in [0.4, 0.5) is 11.5 Å². The summed E-state index contributed by atoms with van der Waals surface area (Å²) in [4.78, 5) is 16.6. The third-order valence-corrected chi connectivity index (χ3v) is 3.26. The summed E-state index contributed by atoms with van der Waals surface area (Å²) in [6.45, 7) is 6.17. The Kier molecular flexibility index (Phi) is 5.45. The molecule has 0 aliphatic heterocycles. The molecule has 0 fully saturated rings. The number of nitrogens with zero attached hydrogens (tertiary/aromatic N) is 4. The number of nitrogens with two attached hydrogens (primary N) is 1. The van der Waals surface area contributed by atoms with Crippen LogP contribution in [0, 0.1) is 16.0 Å². The molecule has 1 unspecified atom stereocenters. The molecule has 0 spiro atoms. The van der Waals surface area contributed by atoms with Gasteiger partial charge in [-0.05, 0) is 19.3 Å². The normalized spacial score (nSPS) is 13.3. The number of anilines is 1. The van der Waals surface area contributed by atoms with Crippen LogP contribution in [0.1, 0.15) is 32.8 Å². The summed E-state index contributed by atoms with van der Waals surface area (Å²) < 4.78 is 0. The molecule has 3 N–H and O–H groups in total. The highest BCUT2D eigenvalue weighted by atomic mass is 16.6. The Labute approximate surface area is 123 Å². The fourth-order valence-electron chi connectivity index (χ4n) is 2.10. The van der Waals surface area contributed by atoms with E-state index in [4.69, 9.17) is 10.9 Å². The summed E-state index contributed by atoms with van der Waals surface area (Å²) in [5.41, 5.74) is 5.48. The smallest absolute Gasteiger partial charge is 0.312 e. The lowest BCUT2D eigenvalue weighted by Crippen LogP contribution is -2.31. The molecule has 1 heterocycles. The molecule has 0 saturated heterocycles. The van der Waals surface area contributed by atoms with Gasteiger partial charge in [0.05, 0.1) is 4.92 Å². The molecule has 21 heavy (non-hydrogen) atoms. The Hall–Kier alpha value is -2.38. The van der Waals surface area contributed by atoms with E-state index in [1.807, 2.05) is 6.92 Å². The highest BCUT2D eigenvalue weighted by molar-refractivity contribution is 5.97. The van der Waals surface area contributed by atoms with Gasteiger partial charge in [-0.1, -0.05) is 19.0 Å². The topological polar surface area (TPSA) is 118 Å². The third kappa shape index (κ3) is 4.04. The molecule has 1 aromatic rings. The van der Waals surface area contributed by atoms with Gasteiger partial charge in [0, 0.05) is 30.9 Å². The molecule has 1 atom stereocenters. The van der Waals surface area contributed by atoms with E-state index in [0.29, 0.717) is 5.92 Å². The zero-order valence-corrected chi connectivity index (χ0v) is 12.6. The van der Waals surface area contributed by atoms with Gasteiger partial charge in [-0.25, -0.2) is 4.98 Å². The summed E-state index contributed by atoms with van der Waals surface area (Å²) in [7, 11) is 1.77. The van der Waals surface area contributed by atoms with Crippen molar-refractivity contribution in [3.8, 4) is 0 Å². The van der Waals surface area contributed by atoms with Gasteiger partial charge in [-0.15, -0.1) is 0 Å². The summed E-state index contributed by atoms with van der Waals surface area (Å²) in [6.07, 6.45) is 2.24. The first-order valence-corrected chi connectivity index (χ1v) is 6.63. The predicted octanol–water partition coefficient (Wildman–Crippen LogP) is 1.96. The molecule has 0 saturated carbocycles. The second kappa shape index (κ2) is 6.87. The van der Waals surface area contributed by atoms with Crippen LogP contribution >= 0.6 is 0 Å². The number of aromatic nitrogens is 1. The lowest BCUT2D eigenvalue weighted by Gasteiger charge is -2.27. The molecule has 1 aromatic heterocycles. The fraction of sp³-hybridized carbons (Fsp3) is 0.538. The summed E-state index contributed by atoms with van der Waals surface area (Å²) >= 11 is 0. The highest BCUT2D eigenvalue weighted by Crippen LogP contribution is 2.28. The van der Waals surface area contributed by atoms with Crippen molar-refractivity contribution in [2.45, 2.75) is 33.2 Å². The molecule has 8 heteroatoms. The zero-order valence-electron chi connectivity index (χ0n) is 12.6. The van der Waals surface area contributed by atoms with Gasteiger partial charge in [0.2, 0.25) is 5.82 Å². The van der Waals surface area contributed by atoms with E-state index in [-0.39, 0.29) is 28.9 Å². The average Bonchev–Trinajstić information content (AvgIpc) is 2.44. The van der Waals surface area contributed by atoms with Crippen LogP contribution in [0.2, 0.25) is 0 Å². The summed E-state index contributed by atoms with van der Waals surface area (Å²) in [6, 6.07) is 1.36. The monoisotopic (exact) mass is 295 g/mol. The molecule has 0 aliphatic carbocycles. The predicted molar refractivity (Wildman–Crippen MR) is 80.7 cm³/mol. The molecule has 8 nitrogen and oxygen atoms in total.